The zero-order valence-corrected chi connectivity index (χ0v) is 12.4. The summed E-state index contributed by atoms with van der Waals surface area (Å²) in [6, 6.07) is 0. The van der Waals surface area contributed by atoms with Crippen LogP contribution in [0.2, 0.25) is 0 Å². The topological polar surface area (TPSA) is 154 Å². The summed E-state index contributed by atoms with van der Waals surface area (Å²) in [6.07, 6.45) is -3.77. The van der Waals surface area contributed by atoms with E-state index in [-0.39, 0.29) is 24.6 Å². The molecule has 10 nitrogen and oxygen atoms in total. The molecule has 0 aromatic carbocycles. The van der Waals surface area contributed by atoms with Gasteiger partial charge in [0, 0.05) is 6.20 Å². The van der Waals surface area contributed by atoms with Gasteiger partial charge in [0.15, 0.2) is 0 Å². The summed E-state index contributed by atoms with van der Waals surface area (Å²) in [5.74, 6) is -0.119. The van der Waals surface area contributed by atoms with Crippen LogP contribution in [-0.2, 0) is 16.2 Å². The van der Waals surface area contributed by atoms with Crippen LogP contribution in [0.3, 0.4) is 0 Å². The van der Waals surface area contributed by atoms with Crippen molar-refractivity contribution in [3.63, 3.8) is 0 Å². The van der Waals surface area contributed by atoms with Crippen molar-refractivity contribution in [3.05, 3.63) is 32.6 Å². The zero-order chi connectivity index (χ0) is 17.1. The van der Waals surface area contributed by atoms with E-state index >= 15 is 0 Å². The second kappa shape index (κ2) is 7.15. The van der Waals surface area contributed by atoms with Crippen LogP contribution < -0.4 is 16.6 Å². The number of ether oxygens (including phenoxy) is 1. The Hall–Kier alpha value is -1.85. The van der Waals surface area contributed by atoms with Crippen LogP contribution in [0.1, 0.15) is 18.6 Å². The molecule has 5 N–H and O–H groups in total. The highest BCUT2D eigenvalue weighted by atomic mass is 16.6. The van der Waals surface area contributed by atoms with Gasteiger partial charge in [0.25, 0.3) is 5.56 Å². The first-order chi connectivity index (χ1) is 10.8. The number of nitrogens with one attached hydrogen (secondary N) is 2. The highest BCUT2D eigenvalue weighted by Gasteiger charge is 2.44. The Morgan fingerprint density at radius 3 is 2.65 bits per heavy atom. The van der Waals surface area contributed by atoms with E-state index in [1.165, 1.54) is 13.1 Å². The molecule has 0 saturated carbocycles. The SMILES string of the molecule is CC(=O)CNCn1cc([C@@H]2O[C@H](CO)C(O)C2O)c(=O)[nH]c1=O. The van der Waals surface area contributed by atoms with E-state index in [0.29, 0.717) is 0 Å². The van der Waals surface area contributed by atoms with Crippen molar-refractivity contribution < 1.29 is 24.9 Å². The van der Waals surface area contributed by atoms with Crippen molar-refractivity contribution in [2.45, 2.75) is 38.0 Å². The number of aliphatic hydroxyl groups excluding tert-OH is 3. The van der Waals surface area contributed by atoms with Gasteiger partial charge in [-0.2, -0.15) is 0 Å². The summed E-state index contributed by atoms with van der Waals surface area (Å²) >= 11 is 0. The lowest BCUT2D eigenvalue weighted by molar-refractivity contribution is -0.116. The van der Waals surface area contributed by atoms with Crippen molar-refractivity contribution in [3.8, 4) is 0 Å². The molecule has 23 heavy (non-hydrogen) atoms. The van der Waals surface area contributed by atoms with Gasteiger partial charge in [-0.15, -0.1) is 0 Å². The molecule has 1 aromatic heterocycles. The minimum atomic E-state index is -1.41. The quantitative estimate of drug-likeness (QED) is 0.366. The van der Waals surface area contributed by atoms with Crippen molar-refractivity contribution >= 4 is 5.78 Å². The van der Waals surface area contributed by atoms with Gasteiger partial charge in [-0.3, -0.25) is 24.5 Å². The number of nitrogens with zero attached hydrogens (tertiary/aromatic N) is 1. The molecule has 4 atom stereocenters. The van der Waals surface area contributed by atoms with Crippen LogP contribution >= 0.6 is 0 Å². The fraction of sp³-hybridized carbons (Fsp3) is 0.615. The summed E-state index contributed by atoms with van der Waals surface area (Å²) < 4.78 is 6.39. The Morgan fingerprint density at radius 2 is 2.09 bits per heavy atom. The van der Waals surface area contributed by atoms with Gasteiger partial charge in [-0.25, -0.2) is 4.79 Å². The van der Waals surface area contributed by atoms with E-state index in [0.717, 1.165) is 4.57 Å². The number of carbonyl (C=O) groups excluding carboxylic acids is 1. The number of hydrogen-bond acceptors (Lipinski definition) is 8. The first-order valence-electron chi connectivity index (χ1n) is 7.01. The van der Waals surface area contributed by atoms with Crippen LogP contribution in [0.25, 0.3) is 0 Å². The molecular formula is C13H19N3O7. The number of H-pyrrole nitrogens is 1. The number of hydrogen-bond donors (Lipinski definition) is 5. The van der Waals surface area contributed by atoms with Crippen LogP contribution in [0, 0.1) is 0 Å². The van der Waals surface area contributed by atoms with E-state index in [2.05, 4.69) is 10.3 Å². The molecule has 1 fully saturated rings. The molecule has 0 radical (unpaired) electrons. The molecule has 2 unspecified atom stereocenters. The smallest absolute Gasteiger partial charge is 0.329 e. The third-order valence-corrected chi connectivity index (χ3v) is 3.54. The first kappa shape index (κ1) is 17.5. The number of Topliss-reactive ketones (excluding diaryl/α,β-unsaturated/α-hetero) is 1. The number of aromatic amines is 1. The fourth-order valence-corrected chi connectivity index (χ4v) is 2.36. The zero-order valence-electron chi connectivity index (χ0n) is 12.4. The molecule has 1 aromatic rings. The molecule has 0 bridgehead atoms. The van der Waals surface area contributed by atoms with E-state index in [1.807, 2.05) is 0 Å². The minimum absolute atomic E-state index is 0.0308. The van der Waals surface area contributed by atoms with Gasteiger partial charge in [-0.05, 0) is 6.92 Å². The number of ketones is 1. The first-order valence-corrected chi connectivity index (χ1v) is 7.01. The lowest BCUT2D eigenvalue weighted by Crippen LogP contribution is -2.38. The molecule has 0 spiro atoms. The standard InChI is InChI=1S/C13H19N3O7/c1-6(18)2-14-5-16-3-7(12(21)15-13(16)22)11-10(20)9(19)8(4-17)23-11/h3,8-11,14,17,19-20H,2,4-5H2,1H3,(H,15,21,22)/t8-,9?,10?,11+/m1/s1. The van der Waals surface area contributed by atoms with E-state index in [9.17, 15) is 24.6 Å². The molecule has 1 aliphatic heterocycles. The van der Waals surface area contributed by atoms with Gasteiger partial charge in [0.05, 0.1) is 25.4 Å². The average molecular weight is 329 g/mol. The largest absolute Gasteiger partial charge is 0.394 e. The van der Waals surface area contributed by atoms with Crippen molar-refractivity contribution in [2.24, 2.45) is 0 Å². The fourth-order valence-electron chi connectivity index (χ4n) is 2.36. The molecule has 0 amide bonds. The van der Waals surface area contributed by atoms with Crippen molar-refractivity contribution in [1.82, 2.24) is 14.9 Å². The Bertz CT molecular complexity index is 683. The Kier molecular flexibility index (Phi) is 5.44. The maximum Gasteiger partial charge on any atom is 0.329 e. The predicted molar refractivity (Wildman–Crippen MR) is 76.7 cm³/mol. The third kappa shape index (κ3) is 3.74. The second-order valence-electron chi connectivity index (χ2n) is 5.36. The van der Waals surface area contributed by atoms with Crippen LogP contribution in [-0.4, -0.2) is 62.1 Å². The molecule has 2 rings (SSSR count). The minimum Gasteiger partial charge on any atom is -0.394 e. The van der Waals surface area contributed by atoms with E-state index < -0.39 is 42.3 Å². The molecule has 128 valence electrons. The van der Waals surface area contributed by atoms with E-state index in [1.54, 1.807) is 0 Å². The highest BCUT2D eigenvalue weighted by Crippen LogP contribution is 2.31. The molecular weight excluding hydrogens is 310 g/mol. The van der Waals surface area contributed by atoms with Gasteiger partial charge in [0.1, 0.15) is 30.2 Å². The van der Waals surface area contributed by atoms with Gasteiger partial charge < -0.3 is 20.1 Å². The summed E-state index contributed by atoms with van der Waals surface area (Å²) in [5, 5.41) is 31.5. The number of aliphatic hydroxyl groups is 3. The highest BCUT2D eigenvalue weighted by molar-refractivity contribution is 5.77. The van der Waals surface area contributed by atoms with Gasteiger partial charge >= 0.3 is 5.69 Å². The van der Waals surface area contributed by atoms with Gasteiger partial charge in [-0.1, -0.05) is 0 Å². The van der Waals surface area contributed by atoms with Gasteiger partial charge in [0.2, 0.25) is 0 Å². The summed E-state index contributed by atoms with van der Waals surface area (Å²) in [4.78, 5) is 36.6. The second-order valence-corrected chi connectivity index (χ2v) is 5.36. The molecule has 10 heteroatoms. The summed E-state index contributed by atoms with van der Waals surface area (Å²) in [7, 11) is 0. The molecule has 1 aliphatic rings. The van der Waals surface area contributed by atoms with Crippen LogP contribution in [0.4, 0.5) is 0 Å². The lowest BCUT2D eigenvalue weighted by Gasteiger charge is -2.15. The maximum absolute atomic E-state index is 11.9. The Morgan fingerprint density at radius 1 is 1.39 bits per heavy atom. The Balaban J connectivity index is 2.27. The monoisotopic (exact) mass is 329 g/mol. The molecule has 1 saturated heterocycles. The predicted octanol–water partition coefficient (Wildman–Crippen LogP) is -3.17. The number of rotatable bonds is 6. The average Bonchev–Trinajstić information content (AvgIpc) is 2.77. The van der Waals surface area contributed by atoms with Crippen molar-refractivity contribution in [1.29, 1.82) is 0 Å². The Labute approximate surface area is 130 Å². The summed E-state index contributed by atoms with van der Waals surface area (Å²) in [5.41, 5.74) is -1.51. The molecule has 2 heterocycles. The van der Waals surface area contributed by atoms with E-state index in [4.69, 9.17) is 9.84 Å². The molecule has 0 aliphatic carbocycles. The summed E-state index contributed by atoms with van der Waals surface area (Å²) in [6.45, 7) is 0.880. The third-order valence-electron chi connectivity index (χ3n) is 3.54. The van der Waals surface area contributed by atoms with Crippen LogP contribution in [0.5, 0.6) is 0 Å². The number of carbonyl (C=O) groups is 1. The normalized spacial score (nSPS) is 27.3. The lowest BCUT2D eigenvalue weighted by atomic mass is 10.0. The number of aromatic nitrogens is 2. The maximum atomic E-state index is 11.9. The van der Waals surface area contributed by atoms with Crippen molar-refractivity contribution in [2.75, 3.05) is 13.2 Å². The van der Waals surface area contributed by atoms with Crippen LogP contribution in [0.15, 0.2) is 15.8 Å².